The quantitative estimate of drug-likeness (QED) is 0.661. The first-order valence-corrected chi connectivity index (χ1v) is 9.93. The molecule has 20 heavy (non-hydrogen) atoms. The molecule has 0 bridgehead atoms. The normalized spacial score (nSPS) is 13.1. The molecule has 112 valence electrons. The van der Waals surface area contributed by atoms with Crippen molar-refractivity contribution in [2.24, 2.45) is 5.73 Å². The summed E-state index contributed by atoms with van der Waals surface area (Å²) < 4.78 is 24.3. The van der Waals surface area contributed by atoms with Crippen LogP contribution in [-0.4, -0.2) is 32.4 Å². The molecule has 1 aromatic carbocycles. The van der Waals surface area contributed by atoms with Crippen molar-refractivity contribution in [2.45, 2.75) is 12.5 Å². The van der Waals surface area contributed by atoms with E-state index in [4.69, 9.17) is 5.73 Å². The Bertz CT molecular complexity index is 596. The van der Waals surface area contributed by atoms with Gasteiger partial charge < -0.3 is 11.1 Å². The number of amides is 1. The van der Waals surface area contributed by atoms with Gasteiger partial charge in [0.2, 0.25) is 5.91 Å². The standard InChI is InChI=1S/C11H13Br3N2O3S/c1-20(18,19)3-2-9(15)11(17)16-10-7(13)4-6(12)5-8(10)14/h4-5,9H,2-3,15H2,1H3,(H,16,17). The fourth-order valence-electron chi connectivity index (χ4n) is 1.35. The molecule has 1 aromatic rings. The average molecular weight is 493 g/mol. The number of hydrogen-bond donors (Lipinski definition) is 2. The van der Waals surface area contributed by atoms with E-state index in [2.05, 4.69) is 53.1 Å². The van der Waals surface area contributed by atoms with Gasteiger partial charge in [-0.15, -0.1) is 0 Å². The fourth-order valence-corrected chi connectivity index (χ4v) is 4.49. The van der Waals surface area contributed by atoms with Gasteiger partial charge in [0.1, 0.15) is 9.84 Å². The lowest BCUT2D eigenvalue weighted by atomic mass is 10.2. The van der Waals surface area contributed by atoms with Crippen LogP contribution in [0, 0.1) is 0 Å². The fraction of sp³-hybridized carbons (Fsp3) is 0.364. The second-order valence-corrected chi connectivity index (χ2v) is 9.14. The molecule has 0 radical (unpaired) electrons. The molecule has 0 spiro atoms. The van der Waals surface area contributed by atoms with Gasteiger partial charge in [-0.2, -0.15) is 0 Å². The molecular weight excluding hydrogens is 480 g/mol. The third kappa shape index (κ3) is 5.80. The van der Waals surface area contributed by atoms with Crippen LogP contribution < -0.4 is 11.1 Å². The van der Waals surface area contributed by atoms with Crippen LogP contribution in [0.4, 0.5) is 5.69 Å². The van der Waals surface area contributed by atoms with E-state index in [0.717, 1.165) is 10.7 Å². The van der Waals surface area contributed by atoms with Gasteiger partial charge in [-0.3, -0.25) is 4.79 Å². The minimum absolute atomic E-state index is 0.0798. The maximum absolute atomic E-state index is 11.9. The highest BCUT2D eigenvalue weighted by atomic mass is 79.9. The Hall–Kier alpha value is 0.0400. The largest absolute Gasteiger partial charge is 0.323 e. The number of benzene rings is 1. The molecule has 0 saturated heterocycles. The van der Waals surface area contributed by atoms with E-state index in [1.54, 1.807) is 12.1 Å². The van der Waals surface area contributed by atoms with E-state index >= 15 is 0 Å². The van der Waals surface area contributed by atoms with Crippen molar-refractivity contribution in [1.82, 2.24) is 0 Å². The van der Waals surface area contributed by atoms with Gasteiger partial charge in [0, 0.05) is 19.7 Å². The zero-order valence-electron chi connectivity index (χ0n) is 10.5. The summed E-state index contributed by atoms with van der Waals surface area (Å²) in [5, 5.41) is 2.67. The molecule has 0 aliphatic carbocycles. The van der Waals surface area contributed by atoms with E-state index in [1.807, 2.05) is 0 Å². The molecule has 1 unspecified atom stereocenters. The van der Waals surface area contributed by atoms with Gasteiger partial charge in [-0.1, -0.05) is 15.9 Å². The van der Waals surface area contributed by atoms with Gasteiger partial charge in [0.25, 0.3) is 0 Å². The molecule has 0 aliphatic heterocycles. The number of carbonyl (C=O) groups is 1. The Labute approximate surface area is 143 Å². The molecule has 9 heteroatoms. The van der Waals surface area contributed by atoms with Crippen molar-refractivity contribution < 1.29 is 13.2 Å². The van der Waals surface area contributed by atoms with Crippen molar-refractivity contribution in [3.05, 3.63) is 25.6 Å². The maximum atomic E-state index is 11.9. The zero-order chi connectivity index (χ0) is 15.5. The van der Waals surface area contributed by atoms with Gasteiger partial charge in [-0.05, 0) is 50.4 Å². The number of anilines is 1. The van der Waals surface area contributed by atoms with Crippen molar-refractivity contribution in [2.75, 3.05) is 17.3 Å². The molecule has 0 fully saturated rings. The summed E-state index contributed by atoms with van der Waals surface area (Å²) in [6.45, 7) is 0. The number of carbonyl (C=O) groups excluding carboxylic acids is 1. The summed E-state index contributed by atoms with van der Waals surface area (Å²) in [4.78, 5) is 11.9. The summed E-state index contributed by atoms with van der Waals surface area (Å²) in [5.74, 6) is -0.554. The Morgan fingerprint density at radius 1 is 1.30 bits per heavy atom. The Morgan fingerprint density at radius 2 is 1.80 bits per heavy atom. The second kappa shape index (κ2) is 7.35. The number of sulfone groups is 1. The van der Waals surface area contributed by atoms with Crippen molar-refractivity contribution in [1.29, 1.82) is 0 Å². The highest BCUT2D eigenvalue weighted by molar-refractivity contribution is 9.11. The van der Waals surface area contributed by atoms with Crippen LogP contribution in [0.5, 0.6) is 0 Å². The molecule has 0 heterocycles. The number of halogens is 3. The topological polar surface area (TPSA) is 89.3 Å². The third-order valence-corrected chi connectivity index (χ3v) is 5.08. The number of nitrogens with one attached hydrogen (secondary N) is 1. The predicted molar refractivity (Wildman–Crippen MR) is 90.5 cm³/mol. The maximum Gasteiger partial charge on any atom is 0.241 e. The lowest BCUT2D eigenvalue weighted by molar-refractivity contribution is -0.117. The van der Waals surface area contributed by atoms with Crippen molar-refractivity contribution in [3.8, 4) is 0 Å². The number of nitrogens with two attached hydrogens (primary N) is 1. The molecule has 0 saturated carbocycles. The average Bonchev–Trinajstić information content (AvgIpc) is 2.29. The Kier molecular flexibility index (Phi) is 6.65. The Balaban J connectivity index is 2.76. The summed E-state index contributed by atoms with van der Waals surface area (Å²) in [6.07, 6.45) is 1.19. The lowest BCUT2D eigenvalue weighted by Crippen LogP contribution is -2.37. The summed E-state index contributed by atoms with van der Waals surface area (Å²) in [7, 11) is -3.13. The van der Waals surface area contributed by atoms with Crippen LogP contribution in [0.2, 0.25) is 0 Å². The summed E-state index contributed by atoms with van der Waals surface area (Å²) >= 11 is 9.99. The summed E-state index contributed by atoms with van der Waals surface area (Å²) in [6, 6.07) is 2.68. The third-order valence-electron chi connectivity index (χ3n) is 2.39. The monoisotopic (exact) mass is 490 g/mol. The zero-order valence-corrected chi connectivity index (χ0v) is 16.1. The SMILES string of the molecule is CS(=O)(=O)CCC(N)C(=O)Nc1c(Br)cc(Br)cc1Br. The highest BCUT2D eigenvalue weighted by Gasteiger charge is 2.18. The Morgan fingerprint density at radius 3 is 2.25 bits per heavy atom. The smallest absolute Gasteiger partial charge is 0.241 e. The molecule has 0 aliphatic rings. The molecule has 0 aromatic heterocycles. The van der Waals surface area contributed by atoms with Gasteiger partial charge in [0.15, 0.2) is 0 Å². The van der Waals surface area contributed by atoms with Gasteiger partial charge >= 0.3 is 0 Å². The van der Waals surface area contributed by atoms with Crippen LogP contribution in [0.3, 0.4) is 0 Å². The number of rotatable bonds is 5. The van der Waals surface area contributed by atoms with E-state index in [9.17, 15) is 13.2 Å². The van der Waals surface area contributed by atoms with E-state index in [0.29, 0.717) is 14.6 Å². The lowest BCUT2D eigenvalue weighted by Gasteiger charge is -2.14. The van der Waals surface area contributed by atoms with Crippen LogP contribution in [0.1, 0.15) is 6.42 Å². The van der Waals surface area contributed by atoms with E-state index in [-0.39, 0.29) is 12.2 Å². The van der Waals surface area contributed by atoms with Crippen molar-refractivity contribution >= 4 is 69.2 Å². The predicted octanol–water partition coefficient (Wildman–Crippen LogP) is 2.67. The van der Waals surface area contributed by atoms with Crippen LogP contribution in [0.15, 0.2) is 25.6 Å². The van der Waals surface area contributed by atoms with Gasteiger partial charge in [-0.25, -0.2) is 8.42 Å². The molecule has 1 rings (SSSR count). The molecule has 3 N–H and O–H groups in total. The second-order valence-electron chi connectivity index (χ2n) is 4.26. The molecule has 1 amide bonds. The van der Waals surface area contributed by atoms with Crippen LogP contribution in [-0.2, 0) is 14.6 Å². The first-order valence-electron chi connectivity index (χ1n) is 5.49. The number of hydrogen-bond acceptors (Lipinski definition) is 4. The van der Waals surface area contributed by atoms with E-state index < -0.39 is 21.8 Å². The van der Waals surface area contributed by atoms with E-state index in [1.165, 1.54) is 0 Å². The minimum atomic E-state index is -3.13. The minimum Gasteiger partial charge on any atom is -0.323 e. The molecule has 5 nitrogen and oxygen atoms in total. The van der Waals surface area contributed by atoms with Crippen molar-refractivity contribution in [3.63, 3.8) is 0 Å². The van der Waals surface area contributed by atoms with Crippen LogP contribution in [0.25, 0.3) is 0 Å². The first-order chi connectivity index (χ1) is 9.10. The first kappa shape index (κ1) is 18.1. The highest BCUT2D eigenvalue weighted by Crippen LogP contribution is 2.34. The van der Waals surface area contributed by atoms with Gasteiger partial charge in [0.05, 0.1) is 17.5 Å². The van der Waals surface area contributed by atoms with Crippen LogP contribution >= 0.6 is 47.8 Å². The molecular formula is C11H13Br3N2O3S. The summed E-state index contributed by atoms with van der Waals surface area (Å²) in [5.41, 5.74) is 6.24. The molecule has 1 atom stereocenters.